The molecule has 0 aromatic rings. The average molecular weight is 405 g/mol. The fourth-order valence-electron chi connectivity index (χ4n) is 5.74. The van der Waals surface area contributed by atoms with Gasteiger partial charge in [0.05, 0.1) is 12.1 Å². The predicted molar refractivity (Wildman–Crippen MR) is 113 cm³/mol. The van der Waals surface area contributed by atoms with Crippen LogP contribution in [0.2, 0.25) is 0 Å². The molecule has 3 saturated heterocycles. The third-order valence-electron chi connectivity index (χ3n) is 7.41. The third-order valence-corrected chi connectivity index (χ3v) is 7.41. The lowest BCUT2D eigenvalue weighted by atomic mass is 9.88. The van der Waals surface area contributed by atoms with Gasteiger partial charge < -0.3 is 19.9 Å². The van der Waals surface area contributed by atoms with Crippen molar-refractivity contribution in [2.24, 2.45) is 0 Å². The van der Waals surface area contributed by atoms with Crippen LogP contribution >= 0.6 is 0 Å². The molecule has 1 N–H and O–H groups in total. The summed E-state index contributed by atoms with van der Waals surface area (Å²) in [5.41, 5.74) is -0.0128. The fraction of sp³-hybridized carbons (Fsp3) is 0.818. The van der Waals surface area contributed by atoms with Crippen molar-refractivity contribution in [3.05, 3.63) is 0 Å². The van der Waals surface area contributed by atoms with Gasteiger partial charge in [-0.05, 0) is 46.0 Å². The minimum absolute atomic E-state index is 0. The quantitative estimate of drug-likeness (QED) is 0.735. The largest absolute Gasteiger partial charge is 0.436 e. The normalized spacial score (nSPS) is 33.1. The first kappa shape index (κ1) is 20.3. The molecule has 7 heteroatoms. The molecule has 0 aromatic carbocycles. The van der Waals surface area contributed by atoms with Crippen LogP contribution in [0.3, 0.4) is 0 Å². The van der Waals surface area contributed by atoms with Gasteiger partial charge in [-0.25, -0.2) is 9.59 Å². The van der Waals surface area contributed by atoms with Gasteiger partial charge in [0.15, 0.2) is 6.61 Å². The average Bonchev–Trinajstić information content (AvgIpc) is 3.29. The number of rotatable bonds is 3. The zero-order chi connectivity index (χ0) is 20.4. The van der Waals surface area contributed by atoms with Crippen molar-refractivity contribution in [2.75, 3.05) is 32.8 Å². The van der Waals surface area contributed by atoms with Gasteiger partial charge in [-0.2, -0.15) is 0 Å². The van der Waals surface area contributed by atoms with Crippen molar-refractivity contribution in [3.63, 3.8) is 0 Å². The van der Waals surface area contributed by atoms with Crippen molar-refractivity contribution in [1.29, 1.82) is 0 Å². The predicted octanol–water partition coefficient (Wildman–Crippen LogP) is 2.66. The number of piperidine rings is 1. The van der Waals surface area contributed by atoms with E-state index in [4.69, 9.17) is 4.74 Å². The van der Waals surface area contributed by atoms with E-state index in [0.29, 0.717) is 24.7 Å². The lowest BCUT2D eigenvalue weighted by Gasteiger charge is -2.45. The number of carbonyl (C=O) groups is 2. The van der Waals surface area contributed by atoms with Gasteiger partial charge in [-0.1, -0.05) is 18.8 Å². The van der Waals surface area contributed by atoms with Gasteiger partial charge in [-0.15, -0.1) is 5.92 Å². The molecule has 0 aromatic heterocycles. The Labute approximate surface area is 175 Å². The molecular weight excluding hydrogens is 368 g/mol. The molecule has 4 fully saturated rings. The molecule has 4 rings (SSSR count). The Morgan fingerprint density at radius 3 is 2.76 bits per heavy atom. The molecule has 0 spiro atoms. The maximum Gasteiger partial charge on any atom is 0.410 e. The topological polar surface area (TPSA) is 65.1 Å². The van der Waals surface area contributed by atoms with Crippen LogP contribution in [0.5, 0.6) is 0 Å². The molecule has 3 amide bonds. The van der Waals surface area contributed by atoms with E-state index in [1.165, 1.54) is 12.8 Å². The van der Waals surface area contributed by atoms with Crippen LogP contribution in [0, 0.1) is 11.8 Å². The van der Waals surface area contributed by atoms with Crippen LogP contribution < -0.4 is 5.32 Å². The number of nitrogens with zero attached hydrogens (tertiary/aromatic N) is 3. The molecule has 1 saturated carbocycles. The Bertz CT molecular complexity index is 700. The van der Waals surface area contributed by atoms with Crippen molar-refractivity contribution < 1.29 is 15.8 Å². The van der Waals surface area contributed by atoms with Crippen molar-refractivity contribution >= 4 is 12.1 Å². The van der Waals surface area contributed by atoms with Crippen LogP contribution in [0.15, 0.2) is 0 Å². The minimum atomic E-state index is -0.261. The molecule has 3 atom stereocenters. The first-order valence-electron chi connectivity index (χ1n) is 11.2. The SMILES string of the molecule is CC#CCOC(=O)N1CCC(C)(N2CCC(N3C(=O)N[C@H]4CCCC[C@@H]43)CC2)C1.[HH]. The Balaban J connectivity index is 0.00000256. The molecule has 29 heavy (non-hydrogen) atoms. The van der Waals surface area contributed by atoms with Crippen LogP contribution in [0.4, 0.5) is 9.59 Å². The van der Waals surface area contributed by atoms with Crippen LogP contribution in [-0.2, 0) is 4.74 Å². The highest BCUT2D eigenvalue weighted by Crippen LogP contribution is 2.35. The van der Waals surface area contributed by atoms with Crippen LogP contribution in [0.25, 0.3) is 0 Å². The van der Waals surface area contributed by atoms with E-state index in [-0.39, 0.29) is 25.7 Å². The number of hydrogen-bond acceptors (Lipinski definition) is 4. The molecule has 0 bridgehead atoms. The monoisotopic (exact) mass is 404 g/mol. The van der Waals surface area contributed by atoms with E-state index in [0.717, 1.165) is 51.7 Å². The highest BCUT2D eigenvalue weighted by atomic mass is 16.6. The number of ether oxygens (including phenoxy) is 1. The highest BCUT2D eigenvalue weighted by molar-refractivity contribution is 5.78. The van der Waals surface area contributed by atoms with Crippen molar-refractivity contribution in [2.45, 2.75) is 82.5 Å². The molecule has 0 radical (unpaired) electrons. The summed E-state index contributed by atoms with van der Waals surface area (Å²) in [6.07, 6.45) is 7.46. The standard InChI is InChI=1S/C22H34N4O3.H2/c1-3-4-15-29-21(28)24-14-11-22(2,16-24)25-12-9-17(10-13-25)26-19-8-6-5-7-18(19)23-20(26)27;/h17-19H,5-16H2,1-2H3,(H,23,27);1H/t18-,19-,22?;/m0./s1. The van der Waals surface area contributed by atoms with Crippen molar-refractivity contribution in [1.82, 2.24) is 20.0 Å². The van der Waals surface area contributed by atoms with Crippen molar-refractivity contribution in [3.8, 4) is 11.8 Å². The van der Waals surface area contributed by atoms with Gasteiger partial charge in [0.25, 0.3) is 0 Å². The summed E-state index contributed by atoms with van der Waals surface area (Å²) >= 11 is 0. The lowest BCUT2D eigenvalue weighted by molar-refractivity contribution is 0.0430. The molecule has 3 aliphatic heterocycles. The second-order valence-corrected chi connectivity index (χ2v) is 9.18. The first-order chi connectivity index (χ1) is 14.0. The Morgan fingerprint density at radius 2 is 2.00 bits per heavy atom. The fourth-order valence-corrected chi connectivity index (χ4v) is 5.74. The summed E-state index contributed by atoms with van der Waals surface area (Å²) in [6.45, 7) is 7.54. The second-order valence-electron chi connectivity index (χ2n) is 9.18. The van der Waals surface area contributed by atoms with Crippen LogP contribution in [-0.4, -0.2) is 83.3 Å². The van der Waals surface area contributed by atoms with E-state index >= 15 is 0 Å². The molecular formula is C22H36N4O3. The van der Waals surface area contributed by atoms with E-state index in [1.54, 1.807) is 6.92 Å². The van der Waals surface area contributed by atoms with Gasteiger partial charge in [0.2, 0.25) is 0 Å². The zero-order valence-corrected chi connectivity index (χ0v) is 17.8. The number of hydrogen-bond donors (Lipinski definition) is 1. The first-order valence-corrected chi connectivity index (χ1v) is 11.2. The number of likely N-dealkylation sites (tertiary alicyclic amines) is 2. The van der Waals surface area contributed by atoms with Crippen LogP contribution in [0.1, 0.15) is 60.2 Å². The van der Waals surface area contributed by atoms with E-state index < -0.39 is 0 Å². The van der Waals surface area contributed by atoms with E-state index in [1.807, 2.05) is 4.90 Å². The van der Waals surface area contributed by atoms with Gasteiger partial charge in [0.1, 0.15) is 0 Å². The second kappa shape index (κ2) is 8.43. The van der Waals surface area contributed by atoms with E-state index in [9.17, 15) is 9.59 Å². The summed E-state index contributed by atoms with van der Waals surface area (Å²) < 4.78 is 5.24. The molecule has 162 valence electrons. The number of carbonyl (C=O) groups excluding carboxylic acids is 2. The smallest absolute Gasteiger partial charge is 0.410 e. The summed E-state index contributed by atoms with van der Waals surface area (Å²) in [5.74, 6) is 5.52. The number of urea groups is 1. The maximum absolute atomic E-state index is 12.6. The summed E-state index contributed by atoms with van der Waals surface area (Å²) in [4.78, 5) is 31.4. The highest BCUT2D eigenvalue weighted by Gasteiger charge is 2.47. The molecule has 1 aliphatic carbocycles. The molecule has 1 unspecified atom stereocenters. The Kier molecular flexibility index (Phi) is 5.91. The summed E-state index contributed by atoms with van der Waals surface area (Å²) in [7, 11) is 0. The maximum atomic E-state index is 12.6. The zero-order valence-electron chi connectivity index (χ0n) is 17.8. The summed E-state index contributed by atoms with van der Waals surface area (Å²) in [5, 5.41) is 3.22. The third kappa shape index (κ3) is 4.05. The molecule has 3 heterocycles. The Morgan fingerprint density at radius 1 is 1.24 bits per heavy atom. The van der Waals surface area contributed by atoms with E-state index in [2.05, 4.69) is 33.9 Å². The summed E-state index contributed by atoms with van der Waals surface area (Å²) in [6, 6.07) is 1.25. The number of fused-ring (bicyclic) bond motifs is 1. The number of amides is 3. The lowest BCUT2D eigenvalue weighted by Crippen LogP contribution is -2.56. The van der Waals surface area contributed by atoms with Gasteiger partial charge in [0, 0.05) is 39.2 Å². The Hall–Kier alpha value is -1.94. The number of nitrogens with one attached hydrogen (secondary N) is 1. The van der Waals surface area contributed by atoms with Gasteiger partial charge in [-0.3, -0.25) is 4.90 Å². The molecule has 7 nitrogen and oxygen atoms in total. The minimum Gasteiger partial charge on any atom is -0.436 e. The van der Waals surface area contributed by atoms with Gasteiger partial charge >= 0.3 is 12.1 Å². The molecule has 4 aliphatic rings.